The molecule has 2 aromatic carbocycles. The number of hydrogen-bond acceptors (Lipinski definition) is 4. The molecule has 32 heavy (non-hydrogen) atoms. The molecule has 1 aliphatic heterocycles. The van der Waals surface area contributed by atoms with Gasteiger partial charge in [0.1, 0.15) is 12.4 Å². The van der Waals surface area contributed by atoms with Crippen LogP contribution >= 0.6 is 0 Å². The lowest BCUT2D eigenvalue weighted by molar-refractivity contribution is -0.126. The maximum atomic E-state index is 12.5. The number of nitrogens with one attached hydrogen (secondary N) is 1. The van der Waals surface area contributed by atoms with Crippen LogP contribution in [0.4, 0.5) is 0 Å². The van der Waals surface area contributed by atoms with Gasteiger partial charge in [-0.2, -0.15) is 0 Å². The minimum atomic E-state index is 0.125. The van der Waals surface area contributed by atoms with Gasteiger partial charge in [0.15, 0.2) is 0 Å². The number of rotatable bonds is 10. The first-order valence-electron chi connectivity index (χ1n) is 11.5. The third kappa shape index (κ3) is 6.69. The average molecular weight is 433 g/mol. The number of carbonyl (C=O) groups is 1. The summed E-state index contributed by atoms with van der Waals surface area (Å²) >= 11 is 0. The summed E-state index contributed by atoms with van der Waals surface area (Å²) in [4.78, 5) is 19.0. The van der Waals surface area contributed by atoms with Crippen molar-refractivity contribution >= 4 is 5.91 Å². The molecule has 0 bridgehead atoms. The van der Waals surface area contributed by atoms with Gasteiger partial charge in [-0.05, 0) is 55.6 Å². The molecule has 0 radical (unpaired) electrons. The zero-order valence-corrected chi connectivity index (χ0v) is 18.5. The first-order chi connectivity index (χ1) is 15.8. The highest BCUT2D eigenvalue weighted by Crippen LogP contribution is 2.21. The van der Waals surface area contributed by atoms with Gasteiger partial charge in [-0.1, -0.05) is 42.5 Å². The Morgan fingerprint density at radius 3 is 2.66 bits per heavy atom. The number of imidazole rings is 1. The molecule has 0 aliphatic carbocycles. The Bertz CT molecular complexity index is 951. The van der Waals surface area contributed by atoms with Gasteiger partial charge in [0.05, 0.1) is 6.33 Å². The summed E-state index contributed by atoms with van der Waals surface area (Å²) in [5.41, 5.74) is 2.41. The van der Waals surface area contributed by atoms with Crippen LogP contribution in [0.15, 0.2) is 73.3 Å². The van der Waals surface area contributed by atoms with Gasteiger partial charge in [0, 0.05) is 37.9 Å². The van der Waals surface area contributed by atoms with Gasteiger partial charge in [-0.25, -0.2) is 4.98 Å². The number of amides is 1. The molecule has 1 saturated heterocycles. The van der Waals surface area contributed by atoms with Crippen LogP contribution in [0.1, 0.15) is 30.4 Å². The van der Waals surface area contributed by atoms with Gasteiger partial charge in [0.25, 0.3) is 0 Å². The Kier molecular flexibility index (Phi) is 7.93. The lowest BCUT2D eigenvalue weighted by Gasteiger charge is -2.31. The molecule has 1 aromatic heterocycles. The summed E-state index contributed by atoms with van der Waals surface area (Å²) in [5, 5.41) is 3.11. The molecule has 1 amide bonds. The number of nitrogens with zero attached hydrogens (tertiary/aromatic N) is 3. The fourth-order valence-electron chi connectivity index (χ4n) is 4.12. The molecule has 0 saturated carbocycles. The molecule has 1 aliphatic rings. The minimum Gasteiger partial charge on any atom is -0.489 e. The molecule has 1 fully saturated rings. The number of likely N-dealkylation sites (tertiary alicyclic amines) is 1. The first kappa shape index (κ1) is 22.1. The number of piperidine rings is 1. The van der Waals surface area contributed by atoms with Crippen molar-refractivity contribution in [2.75, 3.05) is 19.6 Å². The molecule has 6 heteroatoms. The highest BCUT2D eigenvalue weighted by atomic mass is 16.5. The molecule has 0 spiro atoms. The second kappa shape index (κ2) is 11.5. The lowest BCUT2D eigenvalue weighted by Crippen LogP contribution is -2.40. The summed E-state index contributed by atoms with van der Waals surface area (Å²) in [6.07, 6.45) is 8.28. The van der Waals surface area contributed by atoms with Crippen molar-refractivity contribution in [3.05, 3.63) is 84.4 Å². The van der Waals surface area contributed by atoms with Gasteiger partial charge >= 0.3 is 0 Å². The number of carbonyl (C=O) groups excluding carboxylic acids is 1. The highest BCUT2D eigenvalue weighted by molar-refractivity contribution is 5.78. The Morgan fingerprint density at radius 1 is 1.06 bits per heavy atom. The Morgan fingerprint density at radius 2 is 1.88 bits per heavy atom. The van der Waals surface area contributed by atoms with Gasteiger partial charge in [0.2, 0.25) is 5.91 Å². The van der Waals surface area contributed by atoms with Crippen molar-refractivity contribution in [2.24, 2.45) is 5.92 Å². The van der Waals surface area contributed by atoms with Crippen molar-refractivity contribution in [3.8, 4) is 5.75 Å². The maximum absolute atomic E-state index is 12.5. The molecule has 168 valence electrons. The summed E-state index contributed by atoms with van der Waals surface area (Å²) in [6.45, 7) is 4.96. The second-order valence-corrected chi connectivity index (χ2v) is 8.42. The molecule has 2 heterocycles. The van der Waals surface area contributed by atoms with E-state index in [1.54, 1.807) is 6.20 Å². The van der Waals surface area contributed by atoms with E-state index in [0.29, 0.717) is 13.2 Å². The average Bonchev–Trinajstić information content (AvgIpc) is 3.35. The molecule has 0 atom stereocenters. The van der Waals surface area contributed by atoms with Crippen molar-refractivity contribution in [1.82, 2.24) is 19.8 Å². The molecule has 0 unspecified atom stereocenters. The van der Waals surface area contributed by atoms with E-state index in [1.807, 2.05) is 41.4 Å². The van der Waals surface area contributed by atoms with E-state index >= 15 is 0 Å². The van der Waals surface area contributed by atoms with E-state index in [-0.39, 0.29) is 11.8 Å². The molecular weight excluding hydrogens is 400 g/mol. The van der Waals surface area contributed by atoms with Crippen LogP contribution in [0.25, 0.3) is 0 Å². The van der Waals surface area contributed by atoms with Crippen molar-refractivity contribution < 1.29 is 9.53 Å². The zero-order chi connectivity index (χ0) is 22.0. The van der Waals surface area contributed by atoms with Gasteiger partial charge in [-0.3, -0.25) is 9.69 Å². The number of aromatic nitrogens is 2. The number of ether oxygens (including phenoxy) is 1. The van der Waals surface area contributed by atoms with Crippen LogP contribution in [0.3, 0.4) is 0 Å². The summed E-state index contributed by atoms with van der Waals surface area (Å²) in [6, 6.07) is 18.6. The van der Waals surface area contributed by atoms with E-state index in [2.05, 4.69) is 45.5 Å². The highest BCUT2D eigenvalue weighted by Gasteiger charge is 2.24. The van der Waals surface area contributed by atoms with Crippen molar-refractivity contribution in [1.29, 1.82) is 0 Å². The first-order valence-corrected chi connectivity index (χ1v) is 11.5. The van der Waals surface area contributed by atoms with Crippen molar-refractivity contribution in [3.63, 3.8) is 0 Å². The SMILES string of the molecule is O=C(NCCCn1ccnc1)C1CCN(Cc2cccc(OCc3ccccc3)c2)CC1. The third-order valence-corrected chi connectivity index (χ3v) is 5.96. The van der Waals surface area contributed by atoms with E-state index in [0.717, 1.165) is 51.2 Å². The summed E-state index contributed by atoms with van der Waals surface area (Å²) in [5.74, 6) is 1.22. The third-order valence-electron chi connectivity index (χ3n) is 5.96. The van der Waals surface area contributed by atoms with Gasteiger partial charge < -0.3 is 14.6 Å². The fourth-order valence-corrected chi connectivity index (χ4v) is 4.12. The number of hydrogen-bond donors (Lipinski definition) is 1. The van der Waals surface area contributed by atoms with Crippen LogP contribution < -0.4 is 10.1 Å². The summed E-state index contributed by atoms with van der Waals surface area (Å²) < 4.78 is 8.00. The Balaban J connectivity index is 1.16. The smallest absolute Gasteiger partial charge is 0.223 e. The molecular formula is C26H32N4O2. The van der Waals surface area contributed by atoms with Gasteiger partial charge in [-0.15, -0.1) is 0 Å². The fraction of sp³-hybridized carbons (Fsp3) is 0.385. The largest absolute Gasteiger partial charge is 0.489 e. The van der Waals surface area contributed by atoms with Crippen molar-refractivity contribution in [2.45, 2.75) is 39.0 Å². The maximum Gasteiger partial charge on any atom is 0.223 e. The molecule has 1 N–H and O–H groups in total. The molecule has 4 rings (SSSR count). The van der Waals surface area contributed by atoms with Crippen LogP contribution in [-0.2, 0) is 24.5 Å². The number of aryl methyl sites for hydroxylation is 1. The number of benzene rings is 2. The lowest BCUT2D eigenvalue weighted by atomic mass is 9.95. The molecule has 3 aromatic rings. The van der Waals surface area contributed by atoms with Crippen LogP contribution in [0.5, 0.6) is 5.75 Å². The zero-order valence-electron chi connectivity index (χ0n) is 18.5. The quantitative estimate of drug-likeness (QED) is 0.494. The normalized spacial score (nSPS) is 14.9. The monoisotopic (exact) mass is 432 g/mol. The topological polar surface area (TPSA) is 59.4 Å². The van der Waals surface area contributed by atoms with E-state index < -0.39 is 0 Å². The summed E-state index contributed by atoms with van der Waals surface area (Å²) in [7, 11) is 0. The van der Waals surface area contributed by atoms with E-state index in [9.17, 15) is 4.79 Å². The standard InChI is InChI=1S/C26H32N4O2/c31-26(28-12-5-14-30-17-13-27-21-30)24-10-15-29(16-11-24)19-23-8-4-9-25(18-23)32-20-22-6-2-1-3-7-22/h1-4,6-9,13,17-18,21,24H,5,10-12,14-16,19-20H2,(H,28,31). The predicted octanol–water partition coefficient (Wildman–Crippen LogP) is 3.88. The van der Waals surface area contributed by atoms with Crippen LogP contribution in [-0.4, -0.2) is 40.0 Å². The van der Waals surface area contributed by atoms with Crippen LogP contribution in [0, 0.1) is 5.92 Å². The van der Waals surface area contributed by atoms with E-state index in [1.165, 1.54) is 11.1 Å². The minimum absolute atomic E-state index is 0.125. The Labute approximate surface area is 190 Å². The predicted molar refractivity (Wildman–Crippen MR) is 125 cm³/mol. The van der Waals surface area contributed by atoms with E-state index in [4.69, 9.17) is 4.74 Å². The molecule has 6 nitrogen and oxygen atoms in total. The second-order valence-electron chi connectivity index (χ2n) is 8.42. The Hall–Kier alpha value is -3.12. The van der Waals surface area contributed by atoms with Crippen LogP contribution in [0.2, 0.25) is 0 Å².